The number of para-hydroxylation sites is 1. The van der Waals surface area contributed by atoms with E-state index >= 15 is 0 Å². The van der Waals surface area contributed by atoms with Gasteiger partial charge in [-0.05, 0) is 18.2 Å². The Balaban J connectivity index is 2.03. The minimum absolute atomic E-state index is 0.146. The zero-order valence-electron chi connectivity index (χ0n) is 11.9. The molecule has 0 amide bonds. The summed E-state index contributed by atoms with van der Waals surface area (Å²) in [4.78, 5) is 5.92. The normalized spacial score (nSPS) is 22.1. The Morgan fingerprint density at radius 3 is 2.64 bits per heavy atom. The van der Waals surface area contributed by atoms with Gasteiger partial charge in [-0.25, -0.2) is 0 Å². The van der Waals surface area contributed by atoms with E-state index in [1.807, 2.05) is 24.0 Å². The molecule has 0 aliphatic carbocycles. The van der Waals surface area contributed by atoms with Crippen molar-refractivity contribution in [3.63, 3.8) is 0 Å². The number of rotatable bonds is 2. The van der Waals surface area contributed by atoms with Crippen LogP contribution in [0.1, 0.15) is 23.4 Å². The predicted octanol–water partition coefficient (Wildman–Crippen LogP) is 4.74. The molecule has 1 fully saturated rings. The van der Waals surface area contributed by atoms with E-state index in [2.05, 4.69) is 4.98 Å². The van der Waals surface area contributed by atoms with Crippen LogP contribution in [0.15, 0.2) is 48.8 Å². The lowest BCUT2D eigenvalue weighted by molar-refractivity contribution is -0.137. The van der Waals surface area contributed by atoms with Gasteiger partial charge in [-0.2, -0.15) is 13.2 Å². The fourth-order valence-electron chi connectivity index (χ4n) is 2.68. The summed E-state index contributed by atoms with van der Waals surface area (Å²) in [5, 5.41) is 0.110. The van der Waals surface area contributed by atoms with E-state index in [4.69, 9.17) is 0 Å². The first-order valence-corrected chi connectivity index (χ1v) is 7.89. The van der Waals surface area contributed by atoms with Gasteiger partial charge >= 0.3 is 6.18 Å². The zero-order chi connectivity index (χ0) is 15.7. The molecule has 1 aliphatic heterocycles. The number of aromatic nitrogens is 1. The molecule has 2 heterocycles. The van der Waals surface area contributed by atoms with Crippen LogP contribution in [0.25, 0.3) is 0 Å². The number of pyridine rings is 1. The quantitative estimate of drug-likeness (QED) is 0.794. The van der Waals surface area contributed by atoms with E-state index in [-0.39, 0.29) is 16.3 Å². The zero-order valence-corrected chi connectivity index (χ0v) is 12.7. The van der Waals surface area contributed by atoms with E-state index in [0.717, 1.165) is 11.6 Å². The third kappa shape index (κ3) is 2.92. The first kappa shape index (κ1) is 15.2. The standard InChI is InChI=1S/C16H15F3N2S/c1-11-10-21(15(22-11)12-5-4-8-20-9-12)14-7-3-2-6-13(14)16(17,18)19/h2-9,11,15H,10H2,1H3. The van der Waals surface area contributed by atoms with Gasteiger partial charge in [0.05, 0.1) is 11.3 Å². The summed E-state index contributed by atoms with van der Waals surface area (Å²) >= 11 is 1.66. The molecule has 116 valence electrons. The highest BCUT2D eigenvalue weighted by molar-refractivity contribution is 8.00. The molecule has 6 heteroatoms. The second kappa shape index (κ2) is 5.83. The van der Waals surface area contributed by atoms with Crippen molar-refractivity contribution in [2.45, 2.75) is 23.7 Å². The van der Waals surface area contributed by atoms with E-state index in [1.54, 1.807) is 36.3 Å². The molecule has 22 heavy (non-hydrogen) atoms. The van der Waals surface area contributed by atoms with Gasteiger partial charge in [0.2, 0.25) is 0 Å². The van der Waals surface area contributed by atoms with Crippen LogP contribution in [0.3, 0.4) is 0 Å². The number of hydrogen-bond donors (Lipinski definition) is 0. The van der Waals surface area contributed by atoms with Crippen molar-refractivity contribution >= 4 is 17.4 Å². The summed E-state index contributed by atoms with van der Waals surface area (Å²) in [6.07, 6.45) is -0.966. The summed E-state index contributed by atoms with van der Waals surface area (Å²) in [6.45, 7) is 2.61. The van der Waals surface area contributed by atoms with Crippen molar-refractivity contribution in [3.05, 3.63) is 59.9 Å². The smallest absolute Gasteiger partial charge is 0.354 e. The number of thioether (sulfide) groups is 1. The van der Waals surface area contributed by atoms with Gasteiger partial charge in [0, 0.05) is 29.8 Å². The fraction of sp³-hybridized carbons (Fsp3) is 0.312. The monoisotopic (exact) mass is 324 g/mol. The van der Waals surface area contributed by atoms with Gasteiger partial charge in [-0.3, -0.25) is 4.98 Å². The van der Waals surface area contributed by atoms with E-state index in [1.165, 1.54) is 6.07 Å². The molecule has 1 aromatic heterocycles. The third-order valence-corrected chi connectivity index (χ3v) is 4.98. The van der Waals surface area contributed by atoms with Crippen molar-refractivity contribution in [2.75, 3.05) is 11.4 Å². The minimum Gasteiger partial charge on any atom is -0.354 e. The van der Waals surface area contributed by atoms with Gasteiger partial charge in [0.15, 0.2) is 0 Å². The molecule has 2 nitrogen and oxygen atoms in total. The van der Waals surface area contributed by atoms with Crippen LogP contribution < -0.4 is 4.90 Å². The van der Waals surface area contributed by atoms with Crippen LogP contribution in [-0.4, -0.2) is 16.8 Å². The molecular weight excluding hydrogens is 309 g/mol. The average Bonchev–Trinajstić information content (AvgIpc) is 2.89. The van der Waals surface area contributed by atoms with E-state index in [0.29, 0.717) is 6.54 Å². The van der Waals surface area contributed by atoms with Gasteiger partial charge in [-0.1, -0.05) is 25.1 Å². The largest absolute Gasteiger partial charge is 0.418 e. The first-order valence-electron chi connectivity index (χ1n) is 6.95. The van der Waals surface area contributed by atoms with Crippen LogP contribution in [-0.2, 0) is 6.18 Å². The van der Waals surface area contributed by atoms with Crippen LogP contribution in [0.5, 0.6) is 0 Å². The lowest BCUT2D eigenvalue weighted by Gasteiger charge is -2.28. The number of halogens is 3. The SMILES string of the molecule is CC1CN(c2ccccc2C(F)(F)F)C(c2cccnc2)S1. The maximum absolute atomic E-state index is 13.3. The molecule has 2 unspecified atom stereocenters. The summed E-state index contributed by atoms with van der Waals surface area (Å²) < 4.78 is 39.8. The number of alkyl halides is 3. The topological polar surface area (TPSA) is 16.1 Å². The van der Waals surface area contributed by atoms with Gasteiger partial charge in [0.25, 0.3) is 0 Å². The van der Waals surface area contributed by atoms with Gasteiger partial charge in [0.1, 0.15) is 5.37 Å². The molecule has 0 saturated carbocycles. The summed E-state index contributed by atoms with van der Waals surface area (Å²) in [7, 11) is 0. The second-order valence-corrected chi connectivity index (χ2v) is 6.78. The second-order valence-electron chi connectivity index (χ2n) is 5.25. The van der Waals surface area contributed by atoms with Crippen LogP contribution in [0.4, 0.5) is 18.9 Å². The molecule has 0 N–H and O–H groups in total. The van der Waals surface area contributed by atoms with Crippen LogP contribution >= 0.6 is 11.8 Å². The number of benzene rings is 1. The molecule has 0 spiro atoms. The molecule has 0 bridgehead atoms. The Labute approximate surface area is 131 Å². The third-order valence-electron chi connectivity index (χ3n) is 3.59. The summed E-state index contributed by atoms with van der Waals surface area (Å²) in [5.41, 5.74) is 0.577. The Morgan fingerprint density at radius 2 is 1.95 bits per heavy atom. The molecule has 0 radical (unpaired) electrons. The highest BCUT2D eigenvalue weighted by Gasteiger charge is 2.39. The maximum atomic E-state index is 13.3. The molecule has 1 saturated heterocycles. The van der Waals surface area contributed by atoms with Crippen molar-refractivity contribution < 1.29 is 13.2 Å². The molecule has 2 atom stereocenters. The Morgan fingerprint density at radius 1 is 1.18 bits per heavy atom. The Hall–Kier alpha value is -1.69. The highest BCUT2D eigenvalue weighted by atomic mass is 32.2. The average molecular weight is 324 g/mol. The number of anilines is 1. The molecular formula is C16H15F3N2S. The van der Waals surface area contributed by atoms with Gasteiger partial charge in [-0.15, -0.1) is 11.8 Å². The lowest BCUT2D eigenvalue weighted by atomic mass is 10.1. The molecule has 2 aromatic rings. The lowest BCUT2D eigenvalue weighted by Crippen LogP contribution is -2.26. The fourth-order valence-corrected chi connectivity index (χ4v) is 4.01. The predicted molar refractivity (Wildman–Crippen MR) is 82.8 cm³/mol. The highest BCUT2D eigenvalue weighted by Crippen LogP contribution is 2.47. The molecule has 1 aromatic carbocycles. The van der Waals surface area contributed by atoms with E-state index in [9.17, 15) is 13.2 Å². The molecule has 3 rings (SSSR count). The van der Waals surface area contributed by atoms with Crippen LogP contribution in [0, 0.1) is 0 Å². The minimum atomic E-state index is -4.35. The van der Waals surface area contributed by atoms with Crippen molar-refractivity contribution in [3.8, 4) is 0 Å². The number of nitrogens with zero attached hydrogens (tertiary/aromatic N) is 2. The maximum Gasteiger partial charge on any atom is 0.418 e. The summed E-state index contributed by atoms with van der Waals surface area (Å²) in [6, 6.07) is 9.49. The van der Waals surface area contributed by atoms with Crippen molar-refractivity contribution in [2.24, 2.45) is 0 Å². The molecule has 1 aliphatic rings. The van der Waals surface area contributed by atoms with E-state index < -0.39 is 11.7 Å². The Bertz CT molecular complexity index is 645. The number of hydrogen-bond acceptors (Lipinski definition) is 3. The first-order chi connectivity index (χ1) is 10.5. The van der Waals surface area contributed by atoms with Gasteiger partial charge < -0.3 is 4.90 Å². The van der Waals surface area contributed by atoms with Crippen LogP contribution in [0.2, 0.25) is 0 Å². The summed E-state index contributed by atoms with van der Waals surface area (Å²) in [5.74, 6) is 0. The van der Waals surface area contributed by atoms with Crippen molar-refractivity contribution in [1.82, 2.24) is 4.98 Å². The van der Waals surface area contributed by atoms with Crippen molar-refractivity contribution in [1.29, 1.82) is 0 Å². The Kier molecular flexibility index (Phi) is 4.04.